The lowest BCUT2D eigenvalue weighted by Crippen LogP contribution is -2.04. The Morgan fingerprint density at radius 1 is 1.32 bits per heavy atom. The van der Waals surface area contributed by atoms with E-state index in [-0.39, 0.29) is 12.4 Å². The third-order valence-electron chi connectivity index (χ3n) is 2.25. The maximum atomic E-state index is 10.6. The number of carbonyl (C=O) groups is 1. The molecule has 0 unspecified atom stereocenters. The lowest BCUT2D eigenvalue weighted by molar-refractivity contribution is -0.133. The van der Waals surface area contributed by atoms with Gasteiger partial charge in [0.15, 0.2) is 11.0 Å². The molecule has 0 aliphatic carbocycles. The van der Waals surface area contributed by atoms with Crippen molar-refractivity contribution >= 4 is 29.3 Å². The van der Waals surface area contributed by atoms with E-state index in [4.69, 9.17) is 16.7 Å². The Kier molecular flexibility index (Phi) is 4.41. The number of benzene rings is 1. The van der Waals surface area contributed by atoms with E-state index in [0.717, 1.165) is 11.8 Å². The molecule has 100 valence electrons. The number of aliphatic hydroxyl groups is 1. The van der Waals surface area contributed by atoms with E-state index in [0.29, 0.717) is 21.7 Å². The topological polar surface area (TPSA) is 88.2 Å². The van der Waals surface area contributed by atoms with Crippen LogP contribution in [-0.4, -0.2) is 36.7 Å². The Morgan fingerprint density at radius 2 is 2.00 bits per heavy atom. The molecular weight excluding hydrogens is 290 g/mol. The van der Waals surface area contributed by atoms with E-state index in [1.807, 2.05) is 0 Å². The van der Waals surface area contributed by atoms with Crippen molar-refractivity contribution < 1.29 is 15.0 Å². The zero-order valence-corrected chi connectivity index (χ0v) is 11.2. The van der Waals surface area contributed by atoms with E-state index in [1.165, 1.54) is 0 Å². The molecule has 6 nitrogen and oxygen atoms in total. The van der Waals surface area contributed by atoms with Crippen molar-refractivity contribution in [2.75, 3.05) is 5.75 Å². The summed E-state index contributed by atoms with van der Waals surface area (Å²) in [5.41, 5.74) is 0.714. The molecule has 0 bridgehead atoms. The van der Waals surface area contributed by atoms with Crippen LogP contribution in [0.4, 0.5) is 0 Å². The van der Waals surface area contributed by atoms with Crippen LogP contribution in [0.5, 0.6) is 0 Å². The van der Waals surface area contributed by atoms with Gasteiger partial charge >= 0.3 is 5.97 Å². The predicted octanol–water partition coefficient (Wildman–Crippen LogP) is 1.59. The van der Waals surface area contributed by atoms with Crippen LogP contribution < -0.4 is 0 Å². The number of carboxylic acid groups (broad SMARTS) is 1. The number of aliphatic hydroxyl groups excluding tert-OH is 1. The number of aromatic nitrogens is 3. The molecule has 19 heavy (non-hydrogen) atoms. The molecule has 0 aliphatic heterocycles. The first-order chi connectivity index (χ1) is 9.11. The first kappa shape index (κ1) is 13.9. The number of hydrogen-bond donors (Lipinski definition) is 2. The normalized spacial score (nSPS) is 10.6. The molecule has 8 heteroatoms. The molecule has 1 heterocycles. The number of rotatable bonds is 5. The molecule has 0 saturated carbocycles. The van der Waals surface area contributed by atoms with E-state index in [2.05, 4.69) is 10.2 Å². The lowest BCUT2D eigenvalue weighted by atomic mass is 10.3. The summed E-state index contributed by atoms with van der Waals surface area (Å²) in [4.78, 5) is 10.6. The third-order valence-corrected chi connectivity index (χ3v) is 3.42. The summed E-state index contributed by atoms with van der Waals surface area (Å²) < 4.78 is 1.60. The van der Waals surface area contributed by atoms with Gasteiger partial charge in [-0.05, 0) is 24.3 Å². The van der Waals surface area contributed by atoms with E-state index in [9.17, 15) is 9.90 Å². The summed E-state index contributed by atoms with van der Waals surface area (Å²) in [5.74, 6) is -0.728. The van der Waals surface area contributed by atoms with Crippen molar-refractivity contribution in [1.29, 1.82) is 0 Å². The maximum Gasteiger partial charge on any atom is 0.313 e. The van der Waals surface area contributed by atoms with Crippen LogP contribution in [0.1, 0.15) is 5.82 Å². The van der Waals surface area contributed by atoms with E-state index in [1.54, 1.807) is 28.8 Å². The van der Waals surface area contributed by atoms with E-state index < -0.39 is 5.97 Å². The van der Waals surface area contributed by atoms with Gasteiger partial charge in [0.2, 0.25) is 0 Å². The summed E-state index contributed by atoms with van der Waals surface area (Å²) in [6.07, 6.45) is 0. The molecule has 2 rings (SSSR count). The average molecular weight is 300 g/mol. The molecule has 0 amide bonds. The first-order valence-electron chi connectivity index (χ1n) is 5.27. The van der Waals surface area contributed by atoms with Crippen molar-refractivity contribution in [1.82, 2.24) is 14.8 Å². The van der Waals surface area contributed by atoms with Crippen LogP contribution in [-0.2, 0) is 11.4 Å². The number of halogens is 1. The third kappa shape index (κ3) is 3.25. The first-order valence-corrected chi connectivity index (χ1v) is 6.64. The van der Waals surface area contributed by atoms with Gasteiger partial charge in [-0.2, -0.15) is 0 Å². The second-order valence-electron chi connectivity index (χ2n) is 3.55. The summed E-state index contributed by atoms with van der Waals surface area (Å²) in [6.45, 7) is -0.288. The van der Waals surface area contributed by atoms with Crippen molar-refractivity contribution in [2.45, 2.75) is 11.8 Å². The number of carboxylic acids is 1. The van der Waals surface area contributed by atoms with Gasteiger partial charge in [-0.3, -0.25) is 9.36 Å². The molecule has 0 radical (unpaired) electrons. The van der Waals surface area contributed by atoms with E-state index >= 15 is 0 Å². The Labute approximate surface area is 118 Å². The molecule has 0 aliphatic rings. The highest BCUT2D eigenvalue weighted by Crippen LogP contribution is 2.23. The minimum Gasteiger partial charge on any atom is -0.481 e. The van der Waals surface area contributed by atoms with Crippen molar-refractivity contribution in [3.8, 4) is 5.69 Å². The zero-order valence-electron chi connectivity index (χ0n) is 9.65. The molecule has 1 aromatic carbocycles. The standard InChI is InChI=1S/C11H10ClN3O3S/c12-7-1-3-8(4-2-7)15-9(5-16)13-14-11(15)19-6-10(17)18/h1-4,16H,5-6H2,(H,17,18). The number of aliphatic carboxylic acids is 1. The van der Waals surface area contributed by atoms with Gasteiger partial charge < -0.3 is 10.2 Å². The zero-order chi connectivity index (χ0) is 13.8. The molecule has 0 spiro atoms. The van der Waals surface area contributed by atoms with Gasteiger partial charge in [-0.25, -0.2) is 0 Å². The summed E-state index contributed by atoms with van der Waals surface area (Å²) in [6, 6.07) is 6.89. The van der Waals surface area contributed by atoms with Crippen LogP contribution in [0, 0.1) is 0 Å². The van der Waals surface area contributed by atoms with Gasteiger partial charge in [0.25, 0.3) is 0 Å². The Balaban J connectivity index is 2.38. The molecule has 0 saturated heterocycles. The highest BCUT2D eigenvalue weighted by atomic mass is 35.5. The van der Waals surface area contributed by atoms with Crippen LogP contribution >= 0.6 is 23.4 Å². The number of nitrogens with zero attached hydrogens (tertiary/aromatic N) is 3. The van der Waals surface area contributed by atoms with Gasteiger partial charge in [0.05, 0.1) is 5.75 Å². The highest BCUT2D eigenvalue weighted by molar-refractivity contribution is 7.99. The Morgan fingerprint density at radius 3 is 2.58 bits per heavy atom. The van der Waals surface area contributed by atoms with Crippen LogP contribution in [0.15, 0.2) is 29.4 Å². The highest BCUT2D eigenvalue weighted by Gasteiger charge is 2.14. The minimum absolute atomic E-state index is 0.128. The summed E-state index contributed by atoms with van der Waals surface area (Å²) in [7, 11) is 0. The second kappa shape index (κ2) is 6.05. The van der Waals surface area contributed by atoms with Gasteiger partial charge in [-0.1, -0.05) is 23.4 Å². The number of hydrogen-bond acceptors (Lipinski definition) is 5. The fraction of sp³-hybridized carbons (Fsp3) is 0.182. The quantitative estimate of drug-likeness (QED) is 0.815. The average Bonchev–Trinajstić information content (AvgIpc) is 2.80. The smallest absolute Gasteiger partial charge is 0.313 e. The lowest BCUT2D eigenvalue weighted by Gasteiger charge is -2.08. The van der Waals surface area contributed by atoms with Crippen LogP contribution in [0.2, 0.25) is 5.02 Å². The second-order valence-corrected chi connectivity index (χ2v) is 4.93. The van der Waals surface area contributed by atoms with Gasteiger partial charge in [0.1, 0.15) is 6.61 Å². The van der Waals surface area contributed by atoms with Crippen molar-refractivity contribution in [3.63, 3.8) is 0 Å². The maximum absolute atomic E-state index is 10.6. The van der Waals surface area contributed by atoms with Gasteiger partial charge in [0, 0.05) is 10.7 Å². The monoisotopic (exact) mass is 299 g/mol. The molecule has 2 N–H and O–H groups in total. The SMILES string of the molecule is O=C(O)CSc1nnc(CO)n1-c1ccc(Cl)cc1. The van der Waals surface area contributed by atoms with Gasteiger partial charge in [-0.15, -0.1) is 10.2 Å². The fourth-order valence-corrected chi connectivity index (χ4v) is 2.29. The Hall–Kier alpha value is -1.57. The molecule has 2 aromatic rings. The van der Waals surface area contributed by atoms with Crippen LogP contribution in [0.25, 0.3) is 5.69 Å². The van der Waals surface area contributed by atoms with Crippen molar-refractivity contribution in [2.24, 2.45) is 0 Å². The molecule has 0 fully saturated rings. The molecule has 0 atom stereocenters. The summed E-state index contributed by atoms with van der Waals surface area (Å²) in [5, 5.41) is 26.6. The summed E-state index contributed by atoms with van der Waals surface area (Å²) >= 11 is 6.85. The predicted molar refractivity (Wildman–Crippen MR) is 70.7 cm³/mol. The fourth-order valence-electron chi connectivity index (χ4n) is 1.47. The minimum atomic E-state index is -0.943. The van der Waals surface area contributed by atoms with Crippen molar-refractivity contribution in [3.05, 3.63) is 35.1 Å². The molecular formula is C11H10ClN3O3S. The largest absolute Gasteiger partial charge is 0.481 e. The van der Waals surface area contributed by atoms with Crippen LogP contribution in [0.3, 0.4) is 0 Å². The Bertz CT molecular complexity index is 585. The number of thioether (sulfide) groups is 1. The molecule has 1 aromatic heterocycles.